The van der Waals surface area contributed by atoms with Gasteiger partial charge in [0.15, 0.2) is 5.12 Å². The van der Waals surface area contributed by atoms with Crippen LogP contribution in [0, 0.1) is 20.8 Å². The molecule has 1 unspecified atom stereocenters. The van der Waals surface area contributed by atoms with Crippen molar-refractivity contribution in [2.75, 3.05) is 6.54 Å². The molecule has 6 heteroatoms. The molecule has 0 bridgehead atoms. The highest BCUT2D eigenvalue weighted by molar-refractivity contribution is 8.14. The zero-order valence-corrected chi connectivity index (χ0v) is 14.1. The van der Waals surface area contributed by atoms with Gasteiger partial charge in [-0.05, 0) is 31.9 Å². The van der Waals surface area contributed by atoms with E-state index in [9.17, 15) is 13.2 Å². The third kappa shape index (κ3) is 4.61. The van der Waals surface area contributed by atoms with Crippen LogP contribution < -0.4 is 4.72 Å². The Hall–Kier alpha value is -0.850. The molecular weight excluding hydrogens is 294 g/mol. The first-order chi connectivity index (χ1) is 9.13. The van der Waals surface area contributed by atoms with Crippen molar-refractivity contribution in [3.05, 3.63) is 28.8 Å². The van der Waals surface area contributed by atoms with Gasteiger partial charge in [0.1, 0.15) is 0 Å². The Bertz CT molecular complexity index is 586. The van der Waals surface area contributed by atoms with Crippen LogP contribution in [0.25, 0.3) is 0 Å². The van der Waals surface area contributed by atoms with E-state index in [-0.39, 0.29) is 16.9 Å². The van der Waals surface area contributed by atoms with E-state index in [0.717, 1.165) is 28.5 Å². The van der Waals surface area contributed by atoms with Gasteiger partial charge in [0.2, 0.25) is 10.0 Å². The number of nitrogens with one attached hydrogen (secondary N) is 1. The van der Waals surface area contributed by atoms with Crippen molar-refractivity contribution in [1.82, 2.24) is 4.72 Å². The van der Waals surface area contributed by atoms with Gasteiger partial charge in [0.25, 0.3) is 0 Å². The summed E-state index contributed by atoms with van der Waals surface area (Å²) in [7, 11) is -3.54. The van der Waals surface area contributed by atoms with Gasteiger partial charge in [0.05, 0.1) is 4.90 Å². The van der Waals surface area contributed by atoms with E-state index in [1.807, 2.05) is 26.0 Å². The first-order valence-corrected chi connectivity index (χ1v) is 8.74. The van der Waals surface area contributed by atoms with Crippen LogP contribution in [0.1, 0.15) is 30.5 Å². The predicted molar refractivity (Wildman–Crippen MR) is 83.6 cm³/mol. The zero-order chi connectivity index (χ0) is 15.5. The molecule has 0 aromatic heterocycles. The van der Waals surface area contributed by atoms with Gasteiger partial charge >= 0.3 is 0 Å². The third-order valence-electron chi connectivity index (χ3n) is 2.80. The molecule has 0 aliphatic carbocycles. The van der Waals surface area contributed by atoms with Crippen LogP contribution in [0.15, 0.2) is 17.0 Å². The molecule has 1 N–H and O–H groups in total. The van der Waals surface area contributed by atoms with E-state index in [1.165, 1.54) is 6.92 Å². The third-order valence-corrected chi connectivity index (χ3v) is 5.43. The fraction of sp³-hybridized carbons (Fsp3) is 0.500. The molecule has 1 rings (SSSR count). The Kier molecular flexibility index (Phi) is 5.79. The largest absolute Gasteiger partial charge is 0.288 e. The summed E-state index contributed by atoms with van der Waals surface area (Å²) in [5, 5.41) is -0.104. The number of aryl methyl sites for hydroxylation is 3. The van der Waals surface area contributed by atoms with Crippen LogP contribution in [0.3, 0.4) is 0 Å². The van der Waals surface area contributed by atoms with Crippen molar-refractivity contribution >= 4 is 26.9 Å². The van der Waals surface area contributed by atoms with Crippen LogP contribution in [0.2, 0.25) is 0 Å². The molecule has 4 nitrogen and oxygen atoms in total. The minimum atomic E-state index is -3.54. The van der Waals surface area contributed by atoms with Crippen LogP contribution in [-0.4, -0.2) is 25.3 Å². The average Bonchev–Trinajstić information content (AvgIpc) is 2.23. The van der Waals surface area contributed by atoms with Crippen LogP contribution >= 0.6 is 11.8 Å². The van der Waals surface area contributed by atoms with Crippen molar-refractivity contribution in [2.45, 2.75) is 44.8 Å². The minimum absolute atomic E-state index is 0.0144. The van der Waals surface area contributed by atoms with Gasteiger partial charge < -0.3 is 0 Å². The number of thioether (sulfide) groups is 1. The summed E-state index contributed by atoms with van der Waals surface area (Å²) in [4.78, 5) is 11.3. The summed E-state index contributed by atoms with van der Waals surface area (Å²) in [6.07, 6.45) is 0. The van der Waals surface area contributed by atoms with E-state index >= 15 is 0 Å². The Morgan fingerprint density at radius 1 is 1.25 bits per heavy atom. The van der Waals surface area contributed by atoms with Crippen molar-refractivity contribution in [3.8, 4) is 0 Å². The van der Waals surface area contributed by atoms with Crippen LogP contribution in [-0.2, 0) is 14.8 Å². The van der Waals surface area contributed by atoms with E-state index in [0.29, 0.717) is 4.90 Å². The molecule has 0 radical (unpaired) electrons. The van der Waals surface area contributed by atoms with Crippen LogP contribution in [0.5, 0.6) is 0 Å². The molecule has 0 saturated carbocycles. The minimum Gasteiger partial charge on any atom is -0.288 e. The SMILES string of the molecule is CC(=O)SC(C)CNS(=O)(=O)c1c(C)cc(C)cc1C. The first-order valence-electron chi connectivity index (χ1n) is 6.38. The molecule has 112 valence electrons. The topological polar surface area (TPSA) is 63.2 Å². The summed E-state index contributed by atoms with van der Waals surface area (Å²) in [5.74, 6) is 0. The lowest BCUT2D eigenvalue weighted by Crippen LogP contribution is -2.31. The van der Waals surface area contributed by atoms with Gasteiger partial charge in [0, 0.05) is 18.7 Å². The molecule has 0 saturated heterocycles. The summed E-state index contributed by atoms with van der Waals surface area (Å²) in [6.45, 7) is 9.06. The van der Waals surface area contributed by atoms with E-state index in [2.05, 4.69) is 4.72 Å². The number of sulfonamides is 1. The first kappa shape index (κ1) is 17.2. The highest BCUT2D eigenvalue weighted by Gasteiger charge is 2.20. The molecule has 0 heterocycles. The molecule has 0 amide bonds. The monoisotopic (exact) mass is 315 g/mol. The molecule has 0 aliphatic heterocycles. The Morgan fingerprint density at radius 2 is 1.75 bits per heavy atom. The quantitative estimate of drug-likeness (QED) is 0.907. The molecular formula is C14H21NO3S2. The zero-order valence-electron chi connectivity index (χ0n) is 12.5. The summed E-state index contributed by atoms with van der Waals surface area (Å²) < 4.78 is 27.3. The van der Waals surface area contributed by atoms with Crippen molar-refractivity contribution < 1.29 is 13.2 Å². The smallest absolute Gasteiger partial charge is 0.241 e. The normalized spacial score (nSPS) is 13.2. The van der Waals surface area contributed by atoms with E-state index in [4.69, 9.17) is 0 Å². The van der Waals surface area contributed by atoms with Gasteiger partial charge in [-0.25, -0.2) is 13.1 Å². The Morgan fingerprint density at radius 3 is 2.20 bits per heavy atom. The maximum absolute atomic E-state index is 12.4. The molecule has 1 aromatic carbocycles. The second kappa shape index (κ2) is 6.74. The average molecular weight is 315 g/mol. The maximum atomic E-state index is 12.4. The number of carbonyl (C=O) groups excluding carboxylic acids is 1. The molecule has 1 aromatic rings. The fourth-order valence-electron chi connectivity index (χ4n) is 2.21. The lowest BCUT2D eigenvalue weighted by molar-refractivity contribution is -0.109. The van der Waals surface area contributed by atoms with Crippen molar-refractivity contribution in [1.29, 1.82) is 0 Å². The Balaban J connectivity index is 2.93. The van der Waals surface area contributed by atoms with E-state index in [1.54, 1.807) is 13.8 Å². The number of hydrogen-bond donors (Lipinski definition) is 1. The standard InChI is InChI=1S/C14H21NO3S2/c1-9-6-10(2)14(11(3)7-9)20(17,18)15-8-12(4)19-13(5)16/h6-7,12,15H,8H2,1-5H3. The molecule has 0 fully saturated rings. The highest BCUT2D eigenvalue weighted by atomic mass is 32.2. The lowest BCUT2D eigenvalue weighted by Gasteiger charge is -2.15. The molecule has 1 atom stereocenters. The maximum Gasteiger partial charge on any atom is 0.241 e. The number of benzene rings is 1. The summed E-state index contributed by atoms with van der Waals surface area (Å²) in [6, 6.07) is 3.71. The van der Waals surface area contributed by atoms with Crippen molar-refractivity contribution in [2.24, 2.45) is 0 Å². The van der Waals surface area contributed by atoms with Crippen molar-refractivity contribution in [3.63, 3.8) is 0 Å². The predicted octanol–water partition coefficient (Wildman–Crippen LogP) is 2.56. The van der Waals surface area contributed by atoms with E-state index < -0.39 is 10.0 Å². The van der Waals surface area contributed by atoms with Gasteiger partial charge in [-0.15, -0.1) is 0 Å². The van der Waals surface area contributed by atoms with Gasteiger partial charge in [-0.2, -0.15) is 0 Å². The van der Waals surface area contributed by atoms with Crippen LogP contribution in [0.4, 0.5) is 0 Å². The highest BCUT2D eigenvalue weighted by Crippen LogP contribution is 2.22. The number of carbonyl (C=O) groups is 1. The molecule has 20 heavy (non-hydrogen) atoms. The summed E-state index contributed by atoms with van der Waals surface area (Å²) in [5.41, 5.74) is 2.52. The molecule has 0 spiro atoms. The second-order valence-electron chi connectivity index (χ2n) is 5.00. The van der Waals surface area contributed by atoms with Gasteiger partial charge in [-0.3, -0.25) is 4.79 Å². The summed E-state index contributed by atoms with van der Waals surface area (Å²) >= 11 is 1.14. The Labute approximate surface area is 125 Å². The molecule has 0 aliphatic rings. The van der Waals surface area contributed by atoms with Gasteiger partial charge in [-0.1, -0.05) is 36.4 Å². The number of rotatable bonds is 5. The lowest BCUT2D eigenvalue weighted by atomic mass is 10.1. The second-order valence-corrected chi connectivity index (χ2v) is 8.32. The number of hydrogen-bond acceptors (Lipinski definition) is 4. The fourth-order valence-corrected chi connectivity index (χ4v) is 4.63.